The molecule has 0 atom stereocenters. The van der Waals surface area contributed by atoms with Crippen molar-refractivity contribution in [2.75, 3.05) is 20.1 Å². The number of aromatic amines is 1. The number of hydrogen-bond donors (Lipinski definition) is 1. The van der Waals surface area contributed by atoms with Crippen molar-refractivity contribution in [2.24, 2.45) is 5.92 Å². The largest absolute Gasteiger partial charge is 0.325 e. The number of hydrogen-bond acceptors (Lipinski definition) is 3. The van der Waals surface area contributed by atoms with E-state index in [0.29, 0.717) is 11.8 Å². The van der Waals surface area contributed by atoms with Crippen LogP contribution in [0.3, 0.4) is 0 Å². The van der Waals surface area contributed by atoms with Crippen LogP contribution in [0.4, 0.5) is 4.79 Å². The maximum Gasteiger partial charge on any atom is 0.319 e. The zero-order valence-corrected chi connectivity index (χ0v) is 14.5. The number of urea groups is 1. The molecule has 1 aromatic rings. The average molecular weight is 307 g/mol. The van der Waals surface area contributed by atoms with Gasteiger partial charge in [-0.05, 0) is 32.6 Å². The Hall–Kier alpha value is -1.59. The molecule has 1 aliphatic rings. The van der Waals surface area contributed by atoms with Crippen molar-refractivity contribution in [3.05, 3.63) is 11.6 Å². The predicted octanol–water partition coefficient (Wildman–Crippen LogP) is 2.64. The number of aromatic nitrogens is 3. The molecular formula is C16H29N5O. The van der Waals surface area contributed by atoms with E-state index in [9.17, 15) is 4.79 Å². The fraction of sp³-hybridized carbons (Fsp3) is 0.812. The minimum Gasteiger partial charge on any atom is -0.325 e. The molecule has 124 valence electrons. The topological polar surface area (TPSA) is 65.1 Å². The van der Waals surface area contributed by atoms with Gasteiger partial charge in [-0.2, -0.15) is 5.10 Å². The normalized spacial score (nSPS) is 16.6. The molecule has 0 saturated carbocycles. The molecule has 0 radical (unpaired) electrons. The number of piperidine rings is 1. The third kappa shape index (κ3) is 3.99. The molecule has 2 heterocycles. The Morgan fingerprint density at radius 2 is 1.95 bits per heavy atom. The Morgan fingerprint density at radius 3 is 2.45 bits per heavy atom. The monoisotopic (exact) mass is 307 g/mol. The van der Waals surface area contributed by atoms with Crippen molar-refractivity contribution >= 4 is 6.03 Å². The first kappa shape index (κ1) is 16.8. The van der Waals surface area contributed by atoms with Crippen LogP contribution < -0.4 is 0 Å². The number of amides is 2. The van der Waals surface area contributed by atoms with E-state index in [0.717, 1.165) is 44.0 Å². The number of H-pyrrole nitrogens is 1. The molecule has 2 rings (SSSR count). The lowest BCUT2D eigenvalue weighted by atomic mass is 9.93. The van der Waals surface area contributed by atoms with Crippen molar-refractivity contribution in [3.63, 3.8) is 0 Å². The number of carbonyl (C=O) groups is 1. The van der Waals surface area contributed by atoms with Crippen molar-refractivity contribution in [3.8, 4) is 0 Å². The Bertz CT molecular complexity index is 488. The summed E-state index contributed by atoms with van der Waals surface area (Å²) < 4.78 is 0. The molecule has 1 aliphatic heterocycles. The maximum absolute atomic E-state index is 12.3. The Labute approximate surface area is 133 Å². The summed E-state index contributed by atoms with van der Waals surface area (Å²) in [4.78, 5) is 20.6. The third-order valence-corrected chi connectivity index (χ3v) is 4.51. The van der Waals surface area contributed by atoms with E-state index in [4.69, 9.17) is 0 Å². The Kier molecular flexibility index (Phi) is 5.42. The second-order valence-electron chi connectivity index (χ2n) is 6.92. The molecule has 6 nitrogen and oxygen atoms in total. The van der Waals surface area contributed by atoms with Gasteiger partial charge in [-0.15, -0.1) is 0 Å². The van der Waals surface area contributed by atoms with Crippen LogP contribution in [0.5, 0.6) is 0 Å². The van der Waals surface area contributed by atoms with Gasteiger partial charge >= 0.3 is 6.03 Å². The summed E-state index contributed by atoms with van der Waals surface area (Å²) in [5.74, 6) is 2.81. The number of nitrogens with one attached hydrogen (secondary N) is 1. The van der Waals surface area contributed by atoms with Gasteiger partial charge in [0.25, 0.3) is 0 Å². The second-order valence-corrected chi connectivity index (χ2v) is 6.92. The molecule has 6 heteroatoms. The van der Waals surface area contributed by atoms with Crippen LogP contribution in [0.25, 0.3) is 0 Å². The van der Waals surface area contributed by atoms with Crippen LogP contribution in [0, 0.1) is 5.92 Å². The van der Waals surface area contributed by atoms with Crippen molar-refractivity contribution in [1.29, 1.82) is 0 Å². The van der Waals surface area contributed by atoms with Gasteiger partial charge in [0.05, 0.1) is 0 Å². The van der Waals surface area contributed by atoms with E-state index in [1.165, 1.54) is 0 Å². The summed E-state index contributed by atoms with van der Waals surface area (Å²) in [5.41, 5.74) is 0. The smallest absolute Gasteiger partial charge is 0.319 e. The van der Waals surface area contributed by atoms with Gasteiger partial charge in [0, 0.05) is 38.5 Å². The number of carbonyl (C=O) groups excluding carboxylic acids is 1. The Morgan fingerprint density at radius 1 is 1.32 bits per heavy atom. The third-order valence-electron chi connectivity index (χ3n) is 4.51. The molecule has 0 unspecified atom stereocenters. The fourth-order valence-corrected chi connectivity index (χ4v) is 2.71. The first-order chi connectivity index (χ1) is 10.4. The van der Waals surface area contributed by atoms with Gasteiger partial charge < -0.3 is 9.80 Å². The summed E-state index contributed by atoms with van der Waals surface area (Å²) in [6.07, 6.45) is 3.01. The standard InChI is InChI=1S/C16H29N5O/c1-11(2)15-17-14(18-19-15)10-13-6-8-21(9-7-13)16(22)20(5)12(3)4/h11-13H,6-10H2,1-5H3,(H,17,18,19). The highest BCUT2D eigenvalue weighted by atomic mass is 16.2. The highest BCUT2D eigenvalue weighted by molar-refractivity contribution is 5.74. The first-order valence-electron chi connectivity index (χ1n) is 8.31. The van der Waals surface area contributed by atoms with Crippen LogP contribution in [-0.2, 0) is 6.42 Å². The molecular weight excluding hydrogens is 278 g/mol. The van der Waals surface area contributed by atoms with E-state index < -0.39 is 0 Å². The van der Waals surface area contributed by atoms with Crippen molar-refractivity contribution in [2.45, 2.75) is 58.9 Å². The lowest BCUT2D eigenvalue weighted by Gasteiger charge is -2.35. The number of rotatable bonds is 4. The van der Waals surface area contributed by atoms with E-state index in [1.807, 2.05) is 30.7 Å². The molecule has 0 aliphatic carbocycles. The number of nitrogens with zero attached hydrogens (tertiary/aromatic N) is 4. The zero-order chi connectivity index (χ0) is 16.3. The quantitative estimate of drug-likeness (QED) is 0.930. The van der Waals surface area contributed by atoms with Crippen LogP contribution in [0.15, 0.2) is 0 Å². The number of likely N-dealkylation sites (tertiary alicyclic amines) is 1. The van der Waals surface area contributed by atoms with Crippen LogP contribution in [0.1, 0.15) is 58.1 Å². The minimum absolute atomic E-state index is 0.148. The lowest BCUT2D eigenvalue weighted by Crippen LogP contribution is -2.47. The van der Waals surface area contributed by atoms with E-state index in [2.05, 4.69) is 29.0 Å². The molecule has 22 heavy (non-hydrogen) atoms. The highest BCUT2D eigenvalue weighted by Crippen LogP contribution is 2.22. The van der Waals surface area contributed by atoms with Crippen LogP contribution >= 0.6 is 0 Å². The molecule has 1 fully saturated rings. The van der Waals surface area contributed by atoms with E-state index in [1.54, 1.807) is 0 Å². The SMILES string of the molecule is CC(C)c1n[nH]c(CC2CCN(C(=O)N(C)C(C)C)CC2)n1. The Balaban J connectivity index is 1.83. The summed E-state index contributed by atoms with van der Waals surface area (Å²) in [6.45, 7) is 9.96. The van der Waals surface area contributed by atoms with E-state index in [-0.39, 0.29) is 12.1 Å². The van der Waals surface area contributed by atoms with Gasteiger partial charge in [0.2, 0.25) is 0 Å². The zero-order valence-electron chi connectivity index (χ0n) is 14.5. The fourth-order valence-electron chi connectivity index (χ4n) is 2.71. The molecule has 0 bridgehead atoms. The van der Waals surface area contributed by atoms with Gasteiger partial charge in [-0.3, -0.25) is 5.10 Å². The van der Waals surface area contributed by atoms with Gasteiger partial charge in [-0.1, -0.05) is 13.8 Å². The minimum atomic E-state index is 0.148. The van der Waals surface area contributed by atoms with Crippen molar-refractivity contribution in [1.82, 2.24) is 25.0 Å². The summed E-state index contributed by atoms with van der Waals surface area (Å²) in [7, 11) is 1.88. The van der Waals surface area contributed by atoms with E-state index >= 15 is 0 Å². The van der Waals surface area contributed by atoms with Crippen molar-refractivity contribution < 1.29 is 4.79 Å². The molecule has 1 aromatic heterocycles. The summed E-state index contributed by atoms with van der Waals surface area (Å²) in [5, 5.41) is 7.31. The second kappa shape index (κ2) is 7.11. The molecule has 0 aromatic carbocycles. The molecule has 0 spiro atoms. The predicted molar refractivity (Wildman–Crippen MR) is 86.8 cm³/mol. The maximum atomic E-state index is 12.3. The lowest BCUT2D eigenvalue weighted by molar-refractivity contribution is 0.132. The molecule has 1 N–H and O–H groups in total. The van der Waals surface area contributed by atoms with Gasteiger partial charge in [-0.25, -0.2) is 9.78 Å². The van der Waals surface area contributed by atoms with Crippen LogP contribution in [-0.4, -0.2) is 57.2 Å². The molecule has 2 amide bonds. The van der Waals surface area contributed by atoms with Gasteiger partial charge in [0.15, 0.2) is 5.82 Å². The molecule has 1 saturated heterocycles. The van der Waals surface area contributed by atoms with Crippen LogP contribution in [0.2, 0.25) is 0 Å². The first-order valence-corrected chi connectivity index (χ1v) is 8.31. The summed E-state index contributed by atoms with van der Waals surface area (Å²) in [6, 6.07) is 0.393. The van der Waals surface area contributed by atoms with Gasteiger partial charge in [0.1, 0.15) is 5.82 Å². The summed E-state index contributed by atoms with van der Waals surface area (Å²) >= 11 is 0. The highest BCUT2D eigenvalue weighted by Gasteiger charge is 2.26. The average Bonchev–Trinajstić information content (AvgIpc) is 2.95.